The lowest BCUT2D eigenvalue weighted by molar-refractivity contribution is -0.139. The van der Waals surface area contributed by atoms with Gasteiger partial charge in [-0.3, -0.25) is 4.68 Å². The Labute approximate surface area is 118 Å². The Kier molecular flexibility index (Phi) is 3.98. The highest BCUT2D eigenvalue weighted by Gasteiger charge is 2.35. The number of anilines is 1. The van der Waals surface area contributed by atoms with Gasteiger partial charge in [0, 0.05) is 13.6 Å². The number of piperidine rings is 1. The van der Waals surface area contributed by atoms with E-state index in [9.17, 15) is 15.2 Å². The van der Waals surface area contributed by atoms with Gasteiger partial charge in [0.15, 0.2) is 0 Å². The third-order valence-corrected chi connectivity index (χ3v) is 4.15. The Bertz CT molecular complexity index is 558. The molecule has 1 aliphatic heterocycles. The molecular formula is C14H20N4O2. The van der Waals surface area contributed by atoms with Crippen molar-refractivity contribution in [2.75, 3.05) is 11.4 Å². The molecule has 0 saturated carbocycles. The number of carboxylic acid groups (broad SMARTS) is 1. The predicted molar refractivity (Wildman–Crippen MR) is 74.4 cm³/mol. The summed E-state index contributed by atoms with van der Waals surface area (Å²) >= 11 is 0. The first-order valence-electron chi connectivity index (χ1n) is 6.92. The van der Waals surface area contributed by atoms with E-state index >= 15 is 0 Å². The molecule has 1 aromatic heterocycles. The van der Waals surface area contributed by atoms with Gasteiger partial charge in [-0.1, -0.05) is 13.3 Å². The molecule has 2 heterocycles. The van der Waals surface area contributed by atoms with Crippen molar-refractivity contribution in [3.05, 3.63) is 11.3 Å². The molecule has 1 N–H and O–H groups in total. The van der Waals surface area contributed by atoms with Crippen molar-refractivity contribution >= 4 is 11.8 Å². The van der Waals surface area contributed by atoms with Gasteiger partial charge < -0.3 is 10.0 Å². The zero-order chi connectivity index (χ0) is 14.9. The summed E-state index contributed by atoms with van der Waals surface area (Å²) in [5, 5.41) is 23.0. The molecule has 0 amide bonds. The number of nitriles is 1. The molecule has 108 valence electrons. The van der Waals surface area contributed by atoms with Crippen LogP contribution in [0, 0.1) is 24.2 Å². The summed E-state index contributed by atoms with van der Waals surface area (Å²) in [5.41, 5.74) is 1.13. The van der Waals surface area contributed by atoms with E-state index in [0.717, 1.165) is 12.8 Å². The quantitative estimate of drug-likeness (QED) is 0.908. The maximum Gasteiger partial charge on any atom is 0.326 e. The van der Waals surface area contributed by atoms with Gasteiger partial charge in [-0.2, -0.15) is 10.4 Å². The molecule has 0 radical (unpaired) electrons. The molecule has 0 bridgehead atoms. The van der Waals surface area contributed by atoms with Gasteiger partial charge in [-0.05, 0) is 25.7 Å². The highest BCUT2D eigenvalue weighted by molar-refractivity contribution is 5.79. The fourth-order valence-corrected chi connectivity index (χ4v) is 3.00. The van der Waals surface area contributed by atoms with E-state index in [0.29, 0.717) is 36.0 Å². The lowest BCUT2D eigenvalue weighted by atomic mass is 9.88. The molecule has 2 atom stereocenters. The van der Waals surface area contributed by atoms with E-state index < -0.39 is 12.0 Å². The molecule has 2 rings (SSSR count). The van der Waals surface area contributed by atoms with Crippen LogP contribution in [0.3, 0.4) is 0 Å². The minimum atomic E-state index is -0.828. The maximum atomic E-state index is 11.6. The summed E-state index contributed by atoms with van der Waals surface area (Å²) < 4.78 is 1.62. The lowest BCUT2D eigenvalue weighted by Crippen LogP contribution is -2.48. The maximum absolute atomic E-state index is 11.6. The highest BCUT2D eigenvalue weighted by Crippen LogP contribution is 2.32. The van der Waals surface area contributed by atoms with Crippen LogP contribution in [0.25, 0.3) is 0 Å². The van der Waals surface area contributed by atoms with Crippen LogP contribution >= 0.6 is 0 Å². The fraction of sp³-hybridized carbons (Fsp3) is 0.643. The largest absolute Gasteiger partial charge is 0.480 e. The number of hydrogen-bond donors (Lipinski definition) is 1. The second kappa shape index (κ2) is 5.53. The number of rotatable bonds is 3. The molecule has 0 spiro atoms. The molecule has 6 nitrogen and oxygen atoms in total. The topological polar surface area (TPSA) is 82.2 Å². The number of nitrogens with zero attached hydrogens (tertiary/aromatic N) is 4. The number of aryl methyl sites for hydroxylation is 2. The van der Waals surface area contributed by atoms with Crippen molar-refractivity contribution in [1.29, 1.82) is 5.26 Å². The molecule has 1 aromatic rings. The summed E-state index contributed by atoms with van der Waals surface area (Å²) in [6.07, 6.45) is 2.57. The number of hydrogen-bond acceptors (Lipinski definition) is 4. The smallest absolute Gasteiger partial charge is 0.326 e. The normalized spacial score (nSPS) is 22.6. The van der Waals surface area contributed by atoms with Crippen LogP contribution < -0.4 is 4.90 Å². The van der Waals surface area contributed by atoms with Crippen molar-refractivity contribution in [2.24, 2.45) is 13.0 Å². The van der Waals surface area contributed by atoms with Gasteiger partial charge in [0.1, 0.15) is 23.5 Å². The van der Waals surface area contributed by atoms with E-state index in [-0.39, 0.29) is 0 Å². The number of carboxylic acids is 1. The van der Waals surface area contributed by atoms with E-state index in [1.807, 2.05) is 4.90 Å². The minimum Gasteiger partial charge on any atom is -0.480 e. The third-order valence-electron chi connectivity index (χ3n) is 4.15. The van der Waals surface area contributed by atoms with E-state index in [2.05, 4.69) is 18.1 Å². The van der Waals surface area contributed by atoms with Gasteiger partial charge >= 0.3 is 5.97 Å². The summed E-state index contributed by atoms with van der Waals surface area (Å²) in [6, 6.07) is 1.58. The van der Waals surface area contributed by atoms with E-state index in [1.165, 1.54) is 0 Å². The van der Waals surface area contributed by atoms with Gasteiger partial charge in [-0.25, -0.2) is 4.79 Å². The Hall–Kier alpha value is -2.03. The molecule has 1 fully saturated rings. The van der Waals surface area contributed by atoms with E-state index in [1.54, 1.807) is 18.7 Å². The van der Waals surface area contributed by atoms with Crippen molar-refractivity contribution in [2.45, 2.75) is 39.2 Å². The zero-order valence-electron chi connectivity index (χ0n) is 12.1. The molecule has 0 aliphatic carbocycles. The Morgan fingerprint density at radius 3 is 2.85 bits per heavy atom. The first kappa shape index (κ1) is 14.4. The average Bonchev–Trinajstić information content (AvgIpc) is 2.71. The Balaban J connectivity index is 2.41. The average molecular weight is 276 g/mol. The summed E-state index contributed by atoms with van der Waals surface area (Å²) in [7, 11) is 1.76. The predicted octanol–water partition coefficient (Wildman–Crippen LogP) is 1.68. The third kappa shape index (κ3) is 2.36. The van der Waals surface area contributed by atoms with Crippen LogP contribution in [-0.4, -0.2) is 33.4 Å². The highest BCUT2D eigenvalue weighted by atomic mass is 16.4. The van der Waals surface area contributed by atoms with Crippen LogP contribution in [0.1, 0.15) is 37.4 Å². The summed E-state index contributed by atoms with van der Waals surface area (Å²) in [5.74, 6) is 0.241. The van der Waals surface area contributed by atoms with Crippen LogP contribution in [0.5, 0.6) is 0 Å². The first-order chi connectivity index (χ1) is 9.49. The number of aromatic nitrogens is 2. The van der Waals surface area contributed by atoms with Crippen LogP contribution in [0.15, 0.2) is 0 Å². The summed E-state index contributed by atoms with van der Waals surface area (Å²) in [4.78, 5) is 13.4. The molecule has 1 saturated heterocycles. The van der Waals surface area contributed by atoms with Crippen molar-refractivity contribution in [1.82, 2.24) is 9.78 Å². The second-order valence-electron chi connectivity index (χ2n) is 5.37. The molecule has 20 heavy (non-hydrogen) atoms. The standard InChI is InChI=1S/C14H20N4O2/c1-4-10-5-6-18(12(7-10)14(19)20)13-11(8-15)9(2)16-17(13)3/h10,12H,4-7H2,1-3H3,(H,19,20). The van der Waals surface area contributed by atoms with Crippen LogP contribution in [0.2, 0.25) is 0 Å². The van der Waals surface area contributed by atoms with Crippen molar-refractivity contribution in [3.63, 3.8) is 0 Å². The number of carbonyl (C=O) groups is 1. The fourth-order valence-electron chi connectivity index (χ4n) is 3.00. The van der Waals surface area contributed by atoms with Crippen LogP contribution in [-0.2, 0) is 11.8 Å². The molecule has 2 unspecified atom stereocenters. The van der Waals surface area contributed by atoms with Crippen molar-refractivity contribution < 1.29 is 9.90 Å². The second-order valence-corrected chi connectivity index (χ2v) is 5.37. The van der Waals surface area contributed by atoms with Gasteiger partial charge in [0.25, 0.3) is 0 Å². The molecule has 6 heteroatoms. The van der Waals surface area contributed by atoms with E-state index in [4.69, 9.17) is 0 Å². The lowest BCUT2D eigenvalue weighted by Gasteiger charge is -2.38. The van der Waals surface area contributed by atoms with Gasteiger partial charge in [0.2, 0.25) is 0 Å². The zero-order valence-corrected chi connectivity index (χ0v) is 12.1. The molecule has 1 aliphatic rings. The SMILES string of the molecule is CCC1CCN(c2c(C#N)c(C)nn2C)C(C(=O)O)C1. The molecule has 0 aromatic carbocycles. The first-order valence-corrected chi connectivity index (χ1v) is 6.92. The van der Waals surface area contributed by atoms with Gasteiger partial charge in [-0.15, -0.1) is 0 Å². The van der Waals surface area contributed by atoms with Crippen molar-refractivity contribution in [3.8, 4) is 6.07 Å². The molecular weight excluding hydrogens is 256 g/mol. The monoisotopic (exact) mass is 276 g/mol. The minimum absolute atomic E-state index is 0.437. The Morgan fingerprint density at radius 2 is 2.30 bits per heavy atom. The van der Waals surface area contributed by atoms with Crippen LogP contribution in [0.4, 0.5) is 5.82 Å². The summed E-state index contributed by atoms with van der Waals surface area (Å²) in [6.45, 7) is 4.52. The Morgan fingerprint density at radius 1 is 1.60 bits per heavy atom. The van der Waals surface area contributed by atoms with Gasteiger partial charge in [0.05, 0.1) is 5.69 Å². The number of aliphatic carboxylic acids is 1.